The number of carbonyl (C=O) groups is 1. The van der Waals surface area contributed by atoms with Crippen molar-refractivity contribution in [3.63, 3.8) is 0 Å². The first-order chi connectivity index (χ1) is 9.51. The monoisotopic (exact) mass is 290 g/mol. The predicted molar refractivity (Wildman–Crippen MR) is 82.3 cm³/mol. The molecule has 0 aliphatic carbocycles. The molecule has 0 saturated heterocycles. The van der Waals surface area contributed by atoms with Gasteiger partial charge >= 0.3 is 0 Å². The molecule has 0 bridgehead atoms. The average molecular weight is 290 g/mol. The number of anilines is 1. The van der Waals surface area contributed by atoms with Gasteiger partial charge in [-0.2, -0.15) is 0 Å². The van der Waals surface area contributed by atoms with Gasteiger partial charge in [-0.1, -0.05) is 13.8 Å². The fourth-order valence-electron chi connectivity index (χ4n) is 1.72. The van der Waals surface area contributed by atoms with E-state index in [0.717, 1.165) is 21.9 Å². The molecule has 0 fully saturated rings. The van der Waals surface area contributed by atoms with E-state index in [9.17, 15) is 4.79 Å². The zero-order chi connectivity index (χ0) is 14.7. The third-order valence-electron chi connectivity index (χ3n) is 2.91. The van der Waals surface area contributed by atoms with Crippen molar-refractivity contribution < 1.29 is 9.53 Å². The van der Waals surface area contributed by atoms with Gasteiger partial charge in [-0.3, -0.25) is 4.79 Å². The molecule has 2 rings (SSSR count). The van der Waals surface area contributed by atoms with Gasteiger partial charge in [-0.05, 0) is 31.2 Å². The van der Waals surface area contributed by atoms with Crippen molar-refractivity contribution in [3.05, 3.63) is 29.1 Å². The minimum Gasteiger partial charge on any atom is -0.497 e. The zero-order valence-electron chi connectivity index (χ0n) is 12.1. The lowest BCUT2D eigenvalue weighted by molar-refractivity contribution is -0.118. The fraction of sp³-hybridized carbons (Fsp3) is 0.333. The first-order valence-corrected chi connectivity index (χ1v) is 7.25. The number of rotatable bonds is 4. The maximum absolute atomic E-state index is 11.7. The van der Waals surface area contributed by atoms with E-state index in [1.165, 1.54) is 11.3 Å². The molecule has 0 saturated carbocycles. The fourth-order valence-corrected chi connectivity index (χ4v) is 2.56. The summed E-state index contributed by atoms with van der Waals surface area (Å²) in [4.78, 5) is 17.3. The SMILES string of the molecule is COc1ccc(-c2nc(NC(=O)C(C)C)sc2C)cc1. The van der Waals surface area contributed by atoms with Crippen molar-refractivity contribution in [1.29, 1.82) is 0 Å². The number of methoxy groups -OCH3 is 1. The first kappa shape index (κ1) is 14.5. The van der Waals surface area contributed by atoms with Crippen molar-refractivity contribution in [2.24, 2.45) is 5.92 Å². The van der Waals surface area contributed by atoms with Crippen molar-refractivity contribution >= 4 is 22.4 Å². The number of ether oxygens (including phenoxy) is 1. The quantitative estimate of drug-likeness (QED) is 0.933. The van der Waals surface area contributed by atoms with Crippen LogP contribution in [0.1, 0.15) is 18.7 Å². The van der Waals surface area contributed by atoms with Gasteiger partial charge in [0.2, 0.25) is 5.91 Å². The van der Waals surface area contributed by atoms with Gasteiger partial charge in [0.15, 0.2) is 5.13 Å². The van der Waals surface area contributed by atoms with E-state index >= 15 is 0 Å². The molecule has 106 valence electrons. The summed E-state index contributed by atoms with van der Waals surface area (Å²) in [5, 5.41) is 3.48. The second kappa shape index (κ2) is 6.05. The highest BCUT2D eigenvalue weighted by Crippen LogP contribution is 2.31. The Kier molecular flexibility index (Phi) is 4.39. The molecule has 1 N–H and O–H groups in total. The Morgan fingerprint density at radius 1 is 1.30 bits per heavy atom. The number of nitrogens with one attached hydrogen (secondary N) is 1. The number of aromatic nitrogens is 1. The minimum atomic E-state index is -0.0522. The Bertz CT molecular complexity index is 603. The van der Waals surface area contributed by atoms with Crippen LogP contribution in [-0.2, 0) is 4.79 Å². The largest absolute Gasteiger partial charge is 0.497 e. The summed E-state index contributed by atoms with van der Waals surface area (Å²) >= 11 is 1.49. The Balaban J connectivity index is 2.24. The molecule has 0 atom stereocenters. The Hall–Kier alpha value is -1.88. The summed E-state index contributed by atoms with van der Waals surface area (Å²) in [5.74, 6) is 0.749. The lowest BCUT2D eigenvalue weighted by Gasteiger charge is -2.03. The van der Waals surface area contributed by atoms with E-state index in [2.05, 4.69) is 10.3 Å². The van der Waals surface area contributed by atoms with Crippen LogP contribution in [-0.4, -0.2) is 18.0 Å². The number of hydrogen-bond acceptors (Lipinski definition) is 4. The molecule has 4 nitrogen and oxygen atoms in total. The second-order valence-electron chi connectivity index (χ2n) is 4.80. The van der Waals surface area contributed by atoms with Crippen molar-refractivity contribution in [3.8, 4) is 17.0 Å². The smallest absolute Gasteiger partial charge is 0.228 e. The molecule has 2 aromatic rings. The lowest BCUT2D eigenvalue weighted by atomic mass is 10.1. The van der Waals surface area contributed by atoms with Gasteiger partial charge < -0.3 is 10.1 Å². The van der Waals surface area contributed by atoms with Crippen LogP contribution in [0.25, 0.3) is 11.3 Å². The second-order valence-corrected chi connectivity index (χ2v) is 6.00. The van der Waals surface area contributed by atoms with Crippen LogP contribution in [0.3, 0.4) is 0 Å². The van der Waals surface area contributed by atoms with E-state index in [4.69, 9.17) is 4.74 Å². The Morgan fingerprint density at radius 2 is 1.95 bits per heavy atom. The number of nitrogens with zero attached hydrogens (tertiary/aromatic N) is 1. The zero-order valence-corrected chi connectivity index (χ0v) is 12.9. The normalized spacial score (nSPS) is 10.7. The molecule has 20 heavy (non-hydrogen) atoms. The number of benzene rings is 1. The van der Waals surface area contributed by atoms with Crippen LogP contribution < -0.4 is 10.1 Å². The molecule has 0 unspecified atom stereocenters. The predicted octanol–water partition coefficient (Wildman–Crippen LogP) is 3.72. The summed E-state index contributed by atoms with van der Waals surface area (Å²) in [6.07, 6.45) is 0. The van der Waals surface area contributed by atoms with E-state index in [1.54, 1.807) is 7.11 Å². The van der Waals surface area contributed by atoms with Crippen LogP contribution in [0.2, 0.25) is 0 Å². The molecular formula is C15H18N2O2S. The molecule has 1 aromatic heterocycles. The topological polar surface area (TPSA) is 51.2 Å². The van der Waals surface area contributed by atoms with Crippen molar-refractivity contribution in [1.82, 2.24) is 4.98 Å². The molecule has 1 amide bonds. The molecule has 1 aromatic carbocycles. The van der Waals surface area contributed by atoms with Crippen LogP contribution >= 0.6 is 11.3 Å². The van der Waals surface area contributed by atoms with E-state index < -0.39 is 0 Å². The van der Waals surface area contributed by atoms with Gasteiger partial charge in [0.05, 0.1) is 12.8 Å². The molecule has 0 radical (unpaired) electrons. The van der Waals surface area contributed by atoms with Crippen molar-refractivity contribution in [2.45, 2.75) is 20.8 Å². The van der Waals surface area contributed by atoms with Crippen LogP contribution in [0.4, 0.5) is 5.13 Å². The van der Waals surface area contributed by atoms with Gasteiger partial charge in [-0.25, -0.2) is 4.98 Å². The van der Waals surface area contributed by atoms with E-state index in [-0.39, 0.29) is 11.8 Å². The van der Waals surface area contributed by atoms with Gasteiger partial charge in [0.25, 0.3) is 0 Å². The molecule has 0 aliphatic rings. The van der Waals surface area contributed by atoms with Gasteiger partial charge in [-0.15, -0.1) is 11.3 Å². The lowest BCUT2D eigenvalue weighted by Crippen LogP contribution is -2.17. The highest BCUT2D eigenvalue weighted by molar-refractivity contribution is 7.16. The van der Waals surface area contributed by atoms with E-state index in [0.29, 0.717) is 5.13 Å². The van der Waals surface area contributed by atoms with Crippen molar-refractivity contribution in [2.75, 3.05) is 12.4 Å². The Labute approximate surface area is 122 Å². The molecular weight excluding hydrogens is 272 g/mol. The number of hydrogen-bond donors (Lipinski definition) is 1. The first-order valence-electron chi connectivity index (χ1n) is 6.44. The van der Waals surface area contributed by atoms with Crippen LogP contribution in [0.15, 0.2) is 24.3 Å². The van der Waals surface area contributed by atoms with Crippen LogP contribution in [0.5, 0.6) is 5.75 Å². The van der Waals surface area contributed by atoms with Crippen LogP contribution in [0, 0.1) is 12.8 Å². The summed E-state index contributed by atoms with van der Waals surface area (Å²) < 4.78 is 5.14. The number of carbonyl (C=O) groups excluding carboxylic acids is 1. The maximum atomic E-state index is 11.7. The summed E-state index contributed by atoms with van der Waals surface area (Å²) in [5.41, 5.74) is 1.92. The van der Waals surface area contributed by atoms with Gasteiger partial charge in [0.1, 0.15) is 5.75 Å². The highest BCUT2D eigenvalue weighted by Gasteiger charge is 2.13. The summed E-state index contributed by atoms with van der Waals surface area (Å²) in [7, 11) is 1.64. The minimum absolute atomic E-state index is 0.0139. The average Bonchev–Trinajstić information content (AvgIpc) is 2.79. The number of aryl methyl sites for hydroxylation is 1. The number of thiazole rings is 1. The number of amides is 1. The standard InChI is InChI=1S/C15H18N2O2S/c1-9(2)14(18)17-15-16-13(10(3)20-15)11-5-7-12(19-4)8-6-11/h5-9H,1-4H3,(H,16,17,18). The molecule has 0 spiro atoms. The Morgan fingerprint density at radius 3 is 2.50 bits per heavy atom. The molecule has 0 aliphatic heterocycles. The highest BCUT2D eigenvalue weighted by atomic mass is 32.1. The third kappa shape index (κ3) is 3.17. The van der Waals surface area contributed by atoms with E-state index in [1.807, 2.05) is 45.0 Å². The van der Waals surface area contributed by atoms with Gasteiger partial charge in [0, 0.05) is 16.4 Å². The molecule has 5 heteroatoms. The molecule has 1 heterocycles. The summed E-state index contributed by atoms with van der Waals surface area (Å²) in [6, 6.07) is 7.74. The summed E-state index contributed by atoms with van der Waals surface area (Å²) in [6.45, 7) is 5.72. The maximum Gasteiger partial charge on any atom is 0.228 e. The third-order valence-corrected chi connectivity index (χ3v) is 3.80.